The SMILES string of the molecule is COc1ccccc1C1(C(=O)NCc2nccnc2-c2ccco2)CC1. The van der Waals surface area contributed by atoms with Crippen molar-refractivity contribution in [2.24, 2.45) is 0 Å². The number of hydrogen-bond donors (Lipinski definition) is 1. The maximum Gasteiger partial charge on any atom is 0.231 e. The summed E-state index contributed by atoms with van der Waals surface area (Å²) < 4.78 is 10.9. The number of para-hydroxylation sites is 1. The third kappa shape index (κ3) is 2.83. The molecule has 2 aromatic heterocycles. The van der Waals surface area contributed by atoms with Crippen LogP contribution in [0.2, 0.25) is 0 Å². The van der Waals surface area contributed by atoms with Crippen LogP contribution in [0.25, 0.3) is 11.5 Å². The molecule has 0 atom stereocenters. The number of furan rings is 1. The van der Waals surface area contributed by atoms with Gasteiger partial charge in [0.2, 0.25) is 5.91 Å². The molecule has 0 bridgehead atoms. The summed E-state index contributed by atoms with van der Waals surface area (Å²) >= 11 is 0. The zero-order valence-corrected chi connectivity index (χ0v) is 14.4. The highest BCUT2D eigenvalue weighted by Gasteiger charge is 2.52. The monoisotopic (exact) mass is 349 g/mol. The fourth-order valence-electron chi connectivity index (χ4n) is 3.23. The Bertz CT molecular complexity index is 918. The molecule has 2 heterocycles. The van der Waals surface area contributed by atoms with Crippen LogP contribution < -0.4 is 10.1 Å². The first kappa shape index (κ1) is 16.3. The number of nitrogens with zero attached hydrogens (tertiary/aromatic N) is 2. The van der Waals surface area contributed by atoms with Crippen LogP contribution >= 0.6 is 0 Å². The van der Waals surface area contributed by atoms with Crippen LogP contribution in [-0.2, 0) is 16.8 Å². The molecular formula is C20H19N3O3. The molecule has 1 N–H and O–H groups in total. The molecule has 0 spiro atoms. The lowest BCUT2D eigenvalue weighted by Crippen LogP contribution is -2.35. The number of nitrogens with one attached hydrogen (secondary N) is 1. The van der Waals surface area contributed by atoms with E-state index in [9.17, 15) is 4.79 Å². The van der Waals surface area contributed by atoms with Gasteiger partial charge in [-0.25, -0.2) is 4.98 Å². The van der Waals surface area contributed by atoms with Gasteiger partial charge in [-0.2, -0.15) is 0 Å². The topological polar surface area (TPSA) is 77.2 Å². The Morgan fingerprint density at radius 3 is 2.73 bits per heavy atom. The number of carbonyl (C=O) groups is 1. The lowest BCUT2D eigenvalue weighted by Gasteiger charge is -2.18. The highest BCUT2D eigenvalue weighted by atomic mass is 16.5. The molecule has 26 heavy (non-hydrogen) atoms. The van der Waals surface area contributed by atoms with Gasteiger partial charge in [-0.05, 0) is 31.0 Å². The van der Waals surface area contributed by atoms with E-state index in [0.717, 1.165) is 24.2 Å². The van der Waals surface area contributed by atoms with E-state index in [1.807, 2.05) is 30.3 Å². The highest BCUT2D eigenvalue weighted by molar-refractivity contribution is 5.92. The molecule has 1 saturated carbocycles. The van der Waals surface area contributed by atoms with Crippen molar-refractivity contribution < 1.29 is 13.9 Å². The minimum Gasteiger partial charge on any atom is -0.496 e. The smallest absolute Gasteiger partial charge is 0.231 e. The van der Waals surface area contributed by atoms with Crippen molar-refractivity contribution >= 4 is 5.91 Å². The maximum absolute atomic E-state index is 12.9. The average Bonchev–Trinajstić information content (AvgIpc) is 3.32. The number of ether oxygens (including phenoxy) is 1. The quantitative estimate of drug-likeness (QED) is 0.740. The van der Waals surface area contributed by atoms with Gasteiger partial charge in [-0.1, -0.05) is 18.2 Å². The normalized spacial score (nSPS) is 14.7. The van der Waals surface area contributed by atoms with Gasteiger partial charge in [-0.3, -0.25) is 9.78 Å². The van der Waals surface area contributed by atoms with Crippen molar-refractivity contribution in [2.45, 2.75) is 24.8 Å². The summed E-state index contributed by atoms with van der Waals surface area (Å²) in [6.07, 6.45) is 6.43. The number of hydrogen-bond acceptors (Lipinski definition) is 5. The number of amides is 1. The second-order valence-electron chi connectivity index (χ2n) is 6.29. The van der Waals surface area contributed by atoms with E-state index in [1.165, 1.54) is 0 Å². The highest BCUT2D eigenvalue weighted by Crippen LogP contribution is 2.51. The first-order chi connectivity index (χ1) is 12.7. The van der Waals surface area contributed by atoms with E-state index in [1.54, 1.807) is 31.8 Å². The molecule has 6 heteroatoms. The minimum atomic E-state index is -0.514. The van der Waals surface area contributed by atoms with Crippen LogP contribution in [0.15, 0.2) is 59.5 Å². The van der Waals surface area contributed by atoms with E-state index in [2.05, 4.69) is 15.3 Å². The van der Waals surface area contributed by atoms with Crippen LogP contribution in [0.3, 0.4) is 0 Å². The van der Waals surface area contributed by atoms with E-state index < -0.39 is 5.41 Å². The van der Waals surface area contributed by atoms with Crippen LogP contribution in [0.5, 0.6) is 5.75 Å². The summed E-state index contributed by atoms with van der Waals surface area (Å²) in [6, 6.07) is 11.3. The zero-order chi connectivity index (χ0) is 18.0. The Labute approximate surface area is 151 Å². The van der Waals surface area contributed by atoms with Crippen LogP contribution in [0, 0.1) is 0 Å². The molecule has 1 aliphatic rings. The van der Waals surface area contributed by atoms with Gasteiger partial charge in [0.15, 0.2) is 5.76 Å². The van der Waals surface area contributed by atoms with Crippen molar-refractivity contribution in [3.63, 3.8) is 0 Å². The van der Waals surface area contributed by atoms with Crippen LogP contribution in [-0.4, -0.2) is 23.0 Å². The molecule has 6 nitrogen and oxygen atoms in total. The first-order valence-corrected chi connectivity index (χ1v) is 8.50. The van der Waals surface area contributed by atoms with E-state index >= 15 is 0 Å². The summed E-state index contributed by atoms with van der Waals surface area (Å²) in [5.41, 5.74) is 1.73. The maximum atomic E-state index is 12.9. The molecular weight excluding hydrogens is 330 g/mol. The summed E-state index contributed by atoms with van der Waals surface area (Å²) in [6.45, 7) is 0.291. The predicted octanol–water partition coefficient (Wildman–Crippen LogP) is 3.09. The minimum absolute atomic E-state index is 0.0157. The van der Waals surface area contributed by atoms with Crippen molar-refractivity contribution in [1.82, 2.24) is 15.3 Å². The van der Waals surface area contributed by atoms with E-state index in [0.29, 0.717) is 23.7 Å². The Morgan fingerprint density at radius 1 is 1.19 bits per heavy atom. The fourth-order valence-corrected chi connectivity index (χ4v) is 3.23. The summed E-state index contributed by atoms with van der Waals surface area (Å²) in [5, 5.41) is 3.02. The third-order valence-corrected chi connectivity index (χ3v) is 4.75. The molecule has 132 valence electrons. The molecule has 0 radical (unpaired) electrons. The van der Waals surface area contributed by atoms with Gasteiger partial charge in [0, 0.05) is 18.0 Å². The van der Waals surface area contributed by atoms with Gasteiger partial charge in [0.05, 0.1) is 31.0 Å². The van der Waals surface area contributed by atoms with Crippen molar-refractivity contribution in [3.8, 4) is 17.2 Å². The lowest BCUT2D eigenvalue weighted by molar-refractivity contribution is -0.123. The van der Waals surface area contributed by atoms with Gasteiger partial charge in [0.1, 0.15) is 11.4 Å². The second-order valence-corrected chi connectivity index (χ2v) is 6.29. The Balaban J connectivity index is 1.54. The number of rotatable bonds is 6. The third-order valence-electron chi connectivity index (χ3n) is 4.75. The molecule has 0 unspecified atom stereocenters. The van der Waals surface area contributed by atoms with Crippen LogP contribution in [0.4, 0.5) is 0 Å². The number of aromatic nitrogens is 2. The fraction of sp³-hybridized carbons (Fsp3) is 0.250. The number of methoxy groups -OCH3 is 1. The lowest BCUT2D eigenvalue weighted by atomic mass is 9.94. The van der Waals surface area contributed by atoms with Crippen molar-refractivity contribution in [2.75, 3.05) is 7.11 Å². The average molecular weight is 349 g/mol. The summed E-state index contributed by atoms with van der Waals surface area (Å²) in [7, 11) is 1.63. The second kappa shape index (κ2) is 6.63. The molecule has 1 amide bonds. The van der Waals surface area contributed by atoms with Crippen molar-refractivity contribution in [3.05, 3.63) is 66.3 Å². The molecule has 1 aliphatic carbocycles. The molecule has 0 saturated heterocycles. The predicted molar refractivity (Wildman–Crippen MR) is 95.5 cm³/mol. The Morgan fingerprint density at radius 2 is 2.00 bits per heavy atom. The first-order valence-electron chi connectivity index (χ1n) is 8.50. The Hall–Kier alpha value is -3.15. The van der Waals surface area contributed by atoms with E-state index in [4.69, 9.17) is 9.15 Å². The molecule has 4 rings (SSSR count). The van der Waals surface area contributed by atoms with Crippen LogP contribution in [0.1, 0.15) is 24.1 Å². The molecule has 1 aromatic carbocycles. The largest absolute Gasteiger partial charge is 0.496 e. The number of carbonyl (C=O) groups excluding carboxylic acids is 1. The molecule has 3 aromatic rings. The number of benzene rings is 1. The summed E-state index contributed by atoms with van der Waals surface area (Å²) in [5.74, 6) is 1.36. The van der Waals surface area contributed by atoms with Gasteiger partial charge in [-0.15, -0.1) is 0 Å². The molecule has 1 fully saturated rings. The van der Waals surface area contributed by atoms with Gasteiger partial charge < -0.3 is 14.5 Å². The van der Waals surface area contributed by atoms with E-state index in [-0.39, 0.29) is 5.91 Å². The van der Waals surface area contributed by atoms with Crippen molar-refractivity contribution in [1.29, 1.82) is 0 Å². The standard InChI is InChI=1S/C20H19N3O3/c1-25-16-6-3-2-5-14(16)20(8-9-20)19(24)23-13-15-18(22-11-10-21-15)17-7-4-12-26-17/h2-7,10-12H,8-9,13H2,1H3,(H,23,24). The van der Waals surface area contributed by atoms with Gasteiger partial charge >= 0.3 is 0 Å². The Kier molecular flexibility index (Phi) is 4.16. The van der Waals surface area contributed by atoms with Gasteiger partial charge in [0.25, 0.3) is 0 Å². The summed E-state index contributed by atoms with van der Waals surface area (Å²) in [4.78, 5) is 21.6. The zero-order valence-electron chi connectivity index (χ0n) is 14.4. The molecule has 0 aliphatic heterocycles.